The lowest BCUT2D eigenvalue weighted by Crippen LogP contribution is -2.49. The molecule has 2 heterocycles. The Morgan fingerprint density at radius 1 is 0.786 bits per heavy atom. The number of nitrogens with zero attached hydrogens (tertiary/aromatic N) is 3. The average Bonchev–Trinajstić information content (AvgIpc) is 3.27. The van der Waals surface area contributed by atoms with Crippen molar-refractivity contribution in [2.75, 3.05) is 38.6 Å². The zero-order chi connectivity index (χ0) is 29.1. The molecule has 0 atom stereocenters. The second-order valence-corrected chi connectivity index (χ2v) is 12.0. The van der Waals surface area contributed by atoms with Crippen LogP contribution in [0.5, 0.6) is 0 Å². The van der Waals surface area contributed by atoms with Gasteiger partial charge >= 0.3 is 0 Å². The second kappa shape index (κ2) is 12.7. The van der Waals surface area contributed by atoms with Gasteiger partial charge in [0.15, 0.2) is 0 Å². The predicted molar refractivity (Wildman–Crippen MR) is 176 cm³/mol. The molecule has 1 aliphatic heterocycles. The van der Waals surface area contributed by atoms with Gasteiger partial charge in [-0.3, -0.25) is 9.69 Å². The molecule has 1 aliphatic rings. The standard InChI is InChI=1S/C37H40ClN3O/c1-27-28(2)41(19-6-18-38)36-16-13-30(26-35(27)36)25-29-11-14-33(15-12-29)37(42)40-23-21-39(22-24-40)20-17-32-9-5-8-31-7-3-4-10-34(31)32/h3-5,7-16,26H,6,17-25H2,1-2H3. The molecule has 42 heavy (non-hydrogen) atoms. The van der Waals surface area contributed by atoms with Gasteiger partial charge in [-0.1, -0.05) is 60.7 Å². The largest absolute Gasteiger partial charge is 0.345 e. The van der Waals surface area contributed by atoms with Crippen molar-refractivity contribution in [1.82, 2.24) is 14.4 Å². The molecule has 216 valence electrons. The number of fused-ring (bicyclic) bond motifs is 2. The molecule has 6 rings (SSSR count). The van der Waals surface area contributed by atoms with Gasteiger partial charge in [0.1, 0.15) is 0 Å². The van der Waals surface area contributed by atoms with Crippen molar-refractivity contribution in [1.29, 1.82) is 0 Å². The van der Waals surface area contributed by atoms with E-state index in [1.165, 1.54) is 49.6 Å². The molecule has 0 unspecified atom stereocenters. The molecule has 1 aromatic heterocycles. The monoisotopic (exact) mass is 577 g/mol. The molecule has 0 bridgehead atoms. The first kappa shape index (κ1) is 28.5. The third-order valence-corrected chi connectivity index (χ3v) is 9.33. The van der Waals surface area contributed by atoms with Crippen LogP contribution in [-0.4, -0.2) is 58.9 Å². The van der Waals surface area contributed by atoms with E-state index in [9.17, 15) is 4.79 Å². The summed E-state index contributed by atoms with van der Waals surface area (Å²) < 4.78 is 2.39. The van der Waals surface area contributed by atoms with Gasteiger partial charge in [-0.2, -0.15) is 0 Å². The first-order valence-electron chi connectivity index (χ1n) is 15.2. The molecule has 0 N–H and O–H groups in total. The summed E-state index contributed by atoms with van der Waals surface area (Å²) in [4.78, 5) is 17.8. The fraction of sp³-hybridized carbons (Fsp3) is 0.324. The number of aromatic nitrogens is 1. The number of rotatable bonds is 9. The molecule has 1 saturated heterocycles. The lowest BCUT2D eigenvalue weighted by atomic mass is 10.0. The van der Waals surface area contributed by atoms with Crippen LogP contribution in [0.3, 0.4) is 0 Å². The fourth-order valence-corrected chi connectivity index (χ4v) is 6.58. The average molecular weight is 578 g/mol. The van der Waals surface area contributed by atoms with Crippen LogP contribution in [0, 0.1) is 13.8 Å². The number of aryl methyl sites for hydroxylation is 2. The Kier molecular flexibility index (Phi) is 8.64. The molecular formula is C37H40ClN3O. The van der Waals surface area contributed by atoms with Crippen LogP contribution in [-0.2, 0) is 19.4 Å². The first-order chi connectivity index (χ1) is 20.5. The van der Waals surface area contributed by atoms with Crippen LogP contribution in [0.2, 0.25) is 0 Å². The summed E-state index contributed by atoms with van der Waals surface area (Å²) in [5, 5.41) is 3.97. The molecule has 4 aromatic carbocycles. The third kappa shape index (κ3) is 5.97. The number of carbonyl (C=O) groups is 1. The highest BCUT2D eigenvalue weighted by Gasteiger charge is 2.22. The van der Waals surface area contributed by atoms with E-state index in [0.29, 0.717) is 5.88 Å². The van der Waals surface area contributed by atoms with E-state index in [4.69, 9.17) is 11.6 Å². The molecule has 0 saturated carbocycles. The quantitative estimate of drug-likeness (QED) is 0.168. The molecule has 0 spiro atoms. The number of carbonyl (C=O) groups excluding carboxylic acids is 1. The Bertz CT molecular complexity index is 1690. The molecule has 0 aliphatic carbocycles. The maximum atomic E-state index is 13.3. The number of halogens is 1. The third-order valence-electron chi connectivity index (χ3n) is 9.06. The number of hydrogen-bond acceptors (Lipinski definition) is 2. The summed E-state index contributed by atoms with van der Waals surface area (Å²) in [7, 11) is 0. The van der Waals surface area contributed by atoms with Gasteiger partial charge in [0.25, 0.3) is 5.91 Å². The fourth-order valence-electron chi connectivity index (χ4n) is 6.46. The van der Waals surface area contributed by atoms with Crippen molar-refractivity contribution in [3.8, 4) is 0 Å². The van der Waals surface area contributed by atoms with E-state index in [2.05, 4.69) is 96.1 Å². The Morgan fingerprint density at radius 2 is 1.52 bits per heavy atom. The van der Waals surface area contributed by atoms with E-state index < -0.39 is 0 Å². The van der Waals surface area contributed by atoms with Gasteiger partial charge in [-0.05, 0) is 90.4 Å². The summed E-state index contributed by atoms with van der Waals surface area (Å²) >= 11 is 5.96. The molecular weight excluding hydrogens is 538 g/mol. The second-order valence-electron chi connectivity index (χ2n) is 11.7. The minimum Gasteiger partial charge on any atom is -0.345 e. The van der Waals surface area contributed by atoms with Crippen molar-refractivity contribution >= 4 is 39.2 Å². The van der Waals surface area contributed by atoms with Crippen LogP contribution >= 0.6 is 11.6 Å². The van der Waals surface area contributed by atoms with Crippen molar-refractivity contribution in [3.05, 3.63) is 118 Å². The van der Waals surface area contributed by atoms with Crippen LogP contribution < -0.4 is 0 Å². The lowest BCUT2D eigenvalue weighted by molar-refractivity contribution is 0.0638. The number of alkyl halides is 1. The smallest absolute Gasteiger partial charge is 0.253 e. The number of piperazine rings is 1. The highest BCUT2D eigenvalue weighted by molar-refractivity contribution is 6.17. The van der Waals surface area contributed by atoms with Gasteiger partial charge in [0.2, 0.25) is 0 Å². The van der Waals surface area contributed by atoms with E-state index in [0.717, 1.165) is 64.1 Å². The minimum atomic E-state index is 0.140. The van der Waals surface area contributed by atoms with E-state index in [1.54, 1.807) is 0 Å². The Labute approximate surface area is 254 Å². The van der Waals surface area contributed by atoms with Gasteiger partial charge in [0, 0.05) is 67.3 Å². The van der Waals surface area contributed by atoms with Crippen LogP contribution in [0.1, 0.15) is 44.7 Å². The summed E-state index contributed by atoms with van der Waals surface area (Å²) in [6, 6.07) is 30.2. The molecule has 1 fully saturated rings. The predicted octanol–water partition coefficient (Wildman–Crippen LogP) is 7.63. The number of benzene rings is 4. The zero-order valence-corrected chi connectivity index (χ0v) is 25.5. The molecule has 5 heteroatoms. The highest BCUT2D eigenvalue weighted by Crippen LogP contribution is 2.28. The number of hydrogen-bond donors (Lipinski definition) is 0. The topological polar surface area (TPSA) is 28.5 Å². The van der Waals surface area contributed by atoms with E-state index >= 15 is 0 Å². The molecule has 5 aromatic rings. The summed E-state index contributed by atoms with van der Waals surface area (Å²) in [6.45, 7) is 9.78. The van der Waals surface area contributed by atoms with E-state index in [1.807, 2.05) is 17.0 Å². The Morgan fingerprint density at radius 3 is 2.31 bits per heavy atom. The maximum Gasteiger partial charge on any atom is 0.253 e. The van der Waals surface area contributed by atoms with Crippen LogP contribution in [0.15, 0.2) is 84.9 Å². The summed E-state index contributed by atoms with van der Waals surface area (Å²) in [5.41, 5.74) is 8.64. The Balaban J connectivity index is 1.04. The van der Waals surface area contributed by atoms with Crippen molar-refractivity contribution < 1.29 is 4.79 Å². The van der Waals surface area contributed by atoms with Crippen molar-refractivity contribution in [2.24, 2.45) is 0 Å². The normalized spacial score (nSPS) is 14.2. The van der Waals surface area contributed by atoms with Gasteiger partial charge < -0.3 is 9.47 Å². The first-order valence-corrected chi connectivity index (χ1v) is 15.8. The van der Waals surface area contributed by atoms with Crippen LogP contribution in [0.25, 0.3) is 21.7 Å². The summed E-state index contributed by atoms with van der Waals surface area (Å²) in [5.74, 6) is 0.818. The molecule has 0 radical (unpaired) electrons. The van der Waals surface area contributed by atoms with Crippen LogP contribution in [0.4, 0.5) is 0 Å². The summed E-state index contributed by atoms with van der Waals surface area (Å²) in [6.07, 6.45) is 2.86. The van der Waals surface area contributed by atoms with Gasteiger partial charge in [-0.25, -0.2) is 0 Å². The number of amides is 1. The minimum absolute atomic E-state index is 0.140. The van der Waals surface area contributed by atoms with Gasteiger partial charge in [-0.15, -0.1) is 11.6 Å². The van der Waals surface area contributed by atoms with Gasteiger partial charge in [0.05, 0.1) is 0 Å². The van der Waals surface area contributed by atoms with Crippen molar-refractivity contribution in [3.63, 3.8) is 0 Å². The highest BCUT2D eigenvalue weighted by atomic mass is 35.5. The maximum absolute atomic E-state index is 13.3. The Hall–Kier alpha value is -3.60. The zero-order valence-electron chi connectivity index (χ0n) is 24.8. The van der Waals surface area contributed by atoms with Crippen molar-refractivity contribution in [2.45, 2.75) is 39.7 Å². The van der Waals surface area contributed by atoms with E-state index in [-0.39, 0.29) is 5.91 Å². The molecule has 1 amide bonds. The lowest BCUT2D eigenvalue weighted by Gasteiger charge is -2.35. The SMILES string of the molecule is Cc1c(C)n(CCCCl)c2ccc(Cc3ccc(C(=O)N4CCN(CCc5cccc6ccccc56)CC4)cc3)cc12. The molecule has 4 nitrogen and oxygen atoms in total.